The van der Waals surface area contributed by atoms with Gasteiger partial charge in [-0.05, 0) is 38.0 Å². The first kappa shape index (κ1) is 15.7. The number of hydrogen-bond donors (Lipinski definition) is 1. The molecule has 0 radical (unpaired) electrons. The summed E-state index contributed by atoms with van der Waals surface area (Å²) in [5.41, 5.74) is 3.19. The van der Waals surface area contributed by atoms with Crippen molar-refractivity contribution in [3.8, 4) is 5.82 Å². The maximum Gasteiger partial charge on any atom is 0.222 e. The Balaban J connectivity index is 1.71. The van der Waals surface area contributed by atoms with Crippen LogP contribution in [0.25, 0.3) is 5.82 Å². The zero-order valence-electron chi connectivity index (χ0n) is 13.7. The molecule has 3 rings (SSSR count). The van der Waals surface area contributed by atoms with Crippen molar-refractivity contribution in [1.82, 2.24) is 25.0 Å². The fourth-order valence-electron chi connectivity index (χ4n) is 3.04. The molecule has 0 bridgehead atoms. The number of carbonyl (C=O) groups excluding carboxylic acids is 1. The summed E-state index contributed by atoms with van der Waals surface area (Å²) in [7, 11) is 0. The van der Waals surface area contributed by atoms with Gasteiger partial charge in [0, 0.05) is 44.5 Å². The second-order valence-electron chi connectivity index (χ2n) is 5.88. The number of pyridine rings is 1. The molecule has 1 fully saturated rings. The lowest BCUT2D eigenvalue weighted by molar-refractivity contribution is -0.131. The van der Waals surface area contributed by atoms with Crippen molar-refractivity contribution in [2.24, 2.45) is 0 Å². The van der Waals surface area contributed by atoms with Gasteiger partial charge in [-0.15, -0.1) is 0 Å². The van der Waals surface area contributed by atoms with E-state index in [0.717, 1.165) is 55.4 Å². The van der Waals surface area contributed by atoms with E-state index in [9.17, 15) is 4.79 Å². The van der Waals surface area contributed by atoms with E-state index in [1.165, 1.54) is 0 Å². The molecular formula is C17H23N5O. The molecule has 1 amide bonds. The zero-order valence-corrected chi connectivity index (χ0v) is 13.7. The number of aryl methyl sites for hydroxylation is 1. The average molecular weight is 313 g/mol. The van der Waals surface area contributed by atoms with Gasteiger partial charge >= 0.3 is 0 Å². The standard InChI is InChI=1S/C17H23N5O/c1-13-15(6-7-17(23)21-11-9-18-10-12-21)14(2)22(20-13)16-5-3-4-8-19-16/h3-5,8,18H,6-7,9-12H2,1-2H3. The summed E-state index contributed by atoms with van der Waals surface area (Å²) in [6.07, 6.45) is 3.03. The number of nitrogens with zero attached hydrogens (tertiary/aromatic N) is 4. The summed E-state index contributed by atoms with van der Waals surface area (Å²) in [5, 5.41) is 7.86. The van der Waals surface area contributed by atoms with Gasteiger partial charge in [0.25, 0.3) is 0 Å². The minimum Gasteiger partial charge on any atom is -0.340 e. The van der Waals surface area contributed by atoms with Crippen LogP contribution in [-0.2, 0) is 11.2 Å². The molecule has 0 saturated carbocycles. The Hall–Kier alpha value is -2.21. The molecule has 1 aliphatic rings. The van der Waals surface area contributed by atoms with Crippen molar-refractivity contribution in [1.29, 1.82) is 0 Å². The quantitative estimate of drug-likeness (QED) is 0.923. The molecule has 0 unspecified atom stereocenters. The highest BCUT2D eigenvalue weighted by molar-refractivity contribution is 5.76. The fourth-order valence-corrected chi connectivity index (χ4v) is 3.04. The summed E-state index contributed by atoms with van der Waals surface area (Å²) < 4.78 is 1.86. The number of aromatic nitrogens is 3. The fraction of sp³-hybridized carbons (Fsp3) is 0.471. The van der Waals surface area contributed by atoms with Crippen molar-refractivity contribution in [3.63, 3.8) is 0 Å². The van der Waals surface area contributed by atoms with Gasteiger partial charge in [0.2, 0.25) is 5.91 Å². The number of amides is 1. The van der Waals surface area contributed by atoms with E-state index in [-0.39, 0.29) is 5.91 Å². The van der Waals surface area contributed by atoms with Crippen molar-refractivity contribution >= 4 is 5.91 Å². The molecule has 0 aromatic carbocycles. The smallest absolute Gasteiger partial charge is 0.222 e. The normalized spacial score (nSPS) is 15.0. The SMILES string of the molecule is Cc1nn(-c2ccccn2)c(C)c1CCC(=O)N1CCNCC1. The predicted molar refractivity (Wildman–Crippen MR) is 88.6 cm³/mol. The molecule has 23 heavy (non-hydrogen) atoms. The third kappa shape index (κ3) is 3.42. The number of hydrogen-bond acceptors (Lipinski definition) is 4. The Morgan fingerprint density at radius 2 is 2.04 bits per heavy atom. The maximum atomic E-state index is 12.3. The van der Waals surface area contributed by atoms with E-state index >= 15 is 0 Å². The molecule has 1 saturated heterocycles. The largest absolute Gasteiger partial charge is 0.340 e. The van der Waals surface area contributed by atoms with Gasteiger partial charge in [0.1, 0.15) is 0 Å². The van der Waals surface area contributed by atoms with Crippen LogP contribution in [0.2, 0.25) is 0 Å². The first-order valence-corrected chi connectivity index (χ1v) is 8.12. The monoisotopic (exact) mass is 313 g/mol. The van der Waals surface area contributed by atoms with E-state index < -0.39 is 0 Å². The van der Waals surface area contributed by atoms with Crippen molar-refractivity contribution < 1.29 is 4.79 Å². The molecule has 2 aromatic heterocycles. The Morgan fingerprint density at radius 1 is 1.26 bits per heavy atom. The van der Waals surface area contributed by atoms with Crippen LogP contribution in [0.1, 0.15) is 23.4 Å². The van der Waals surface area contributed by atoms with E-state index in [2.05, 4.69) is 15.4 Å². The number of rotatable bonds is 4. The molecular weight excluding hydrogens is 290 g/mol. The van der Waals surface area contributed by atoms with E-state index in [1.54, 1.807) is 6.20 Å². The lowest BCUT2D eigenvalue weighted by Gasteiger charge is -2.27. The van der Waals surface area contributed by atoms with Crippen LogP contribution in [0.3, 0.4) is 0 Å². The van der Waals surface area contributed by atoms with Crippen LogP contribution in [0, 0.1) is 13.8 Å². The van der Waals surface area contributed by atoms with E-state index in [1.807, 2.05) is 41.6 Å². The molecule has 122 valence electrons. The van der Waals surface area contributed by atoms with Gasteiger partial charge in [-0.25, -0.2) is 9.67 Å². The molecule has 0 aliphatic carbocycles. The summed E-state index contributed by atoms with van der Waals surface area (Å²) in [6.45, 7) is 7.44. The Morgan fingerprint density at radius 3 is 2.74 bits per heavy atom. The molecule has 6 heteroatoms. The van der Waals surface area contributed by atoms with Crippen LogP contribution in [0.4, 0.5) is 0 Å². The van der Waals surface area contributed by atoms with Gasteiger partial charge in [-0.2, -0.15) is 5.10 Å². The Labute approximate surface area is 136 Å². The lowest BCUT2D eigenvalue weighted by atomic mass is 10.1. The minimum absolute atomic E-state index is 0.232. The summed E-state index contributed by atoms with van der Waals surface area (Å²) in [6, 6.07) is 5.78. The van der Waals surface area contributed by atoms with Gasteiger partial charge in [-0.1, -0.05) is 6.07 Å². The van der Waals surface area contributed by atoms with Gasteiger partial charge in [0.15, 0.2) is 5.82 Å². The van der Waals surface area contributed by atoms with E-state index in [0.29, 0.717) is 6.42 Å². The molecule has 3 heterocycles. The Bertz CT molecular complexity index is 674. The molecule has 6 nitrogen and oxygen atoms in total. The lowest BCUT2D eigenvalue weighted by Crippen LogP contribution is -2.46. The Kier molecular flexibility index (Phi) is 4.71. The first-order valence-electron chi connectivity index (χ1n) is 8.12. The highest BCUT2D eigenvalue weighted by Gasteiger charge is 2.18. The zero-order chi connectivity index (χ0) is 16.2. The maximum absolute atomic E-state index is 12.3. The number of piperazine rings is 1. The topological polar surface area (TPSA) is 63.1 Å². The first-order chi connectivity index (χ1) is 11.2. The minimum atomic E-state index is 0.232. The second kappa shape index (κ2) is 6.91. The van der Waals surface area contributed by atoms with Gasteiger partial charge in [-0.3, -0.25) is 4.79 Å². The van der Waals surface area contributed by atoms with Gasteiger partial charge < -0.3 is 10.2 Å². The van der Waals surface area contributed by atoms with Crippen LogP contribution >= 0.6 is 0 Å². The molecule has 1 N–H and O–H groups in total. The van der Waals surface area contributed by atoms with Crippen LogP contribution in [0.15, 0.2) is 24.4 Å². The summed E-state index contributed by atoms with van der Waals surface area (Å²) >= 11 is 0. The summed E-state index contributed by atoms with van der Waals surface area (Å²) in [4.78, 5) is 18.6. The average Bonchev–Trinajstić information content (AvgIpc) is 2.88. The van der Waals surface area contributed by atoms with Crippen LogP contribution in [-0.4, -0.2) is 51.8 Å². The van der Waals surface area contributed by atoms with Crippen molar-refractivity contribution in [3.05, 3.63) is 41.3 Å². The van der Waals surface area contributed by atoms with E-state index in [4.69, 9.17) is 0 Å². The third-order valence-electron chi connectivity index (χ3n) is 4.37. The molecule has 0 spiro atoms. The van der Waals surface area contributed by atoms with Crippen molar-refractivity contribution in [2.45, 2.75) is 26.7 Å². The summed E-state index contributed by atoms with van der Waals surface area (Å²) in [5.74, 6) is 1.05. The second-order valence-corrected chi connectivity index (χ2v) is 5.88. The molecule has 0 atom stereocenters. The third-order valence-corrected chi connectivity index (χ3v) is 4.37. The van der Waals surface area contributed by atoms with Crippen LogP contribution < -0.4 is 5.32 Å². The molecule has 1 aliphatic heterocycles. The number of carbonyl (C=O) groups is 1. The highest BCUT2D eigenvalue weighted by atomic mass is 16.2. The van der Waals surface area contributed by atoms with Crippen LogP contribution in [0.5, 0.6) is 0 Å². The highest BCUT2D eigenvalue weighted by Crippen LogP contribution is 2.18. The van der Waals surface area contributed by atoms with Gasteiger partial charge in [0.05, 0.1) is 5.69 Å². The number of nitrogens with one attached hydrogen (secondary N) is 1. The predicted octanol–water partition coefficient (Wildman–Crippen LogP) is 1.25. The molecule has 2 aromatic rings. The van der Waals surface area contributed by atoms with Crippen molar-refractivity contribution in [2.75, 3.05) is 26.2 Å².